The van der Waals surface area contributed by atoms with Gasteiger partial charge in [-0.05, 0) is 24.3 Å². The third-order valence-electron chi connectivity index (χ3n) is 2.22. The Labute approximate surface area is 103 Å². The minimum absolute atomic E-state index is 0.0204. The molecule has 0 saturated heterocycles. The predicted octanol–water partition coefficient (Wildman–Crippen LogP) is 2.44. The van der Waals surface area contributed by atoms with Crippen LogP contribution in [0.1, 0.15) is 15.9 Å². The van der Waals surface area contributed by atoms with E-state index in [1.165, 1.54) is 18.3 Å². The Bertz CT molecular complexity index is 632. The molecule has 0 bridgehead atoms. The van der Waals surface area contributed by atoms with E-state index in [1.807, 2.05) is 6.07 Å². The minimum atomic E-state index is -1.10. The molecule has 0 spiro atoms. The molecule has 0 unspecified atom stereocenters. The van der Waals surface area contributed by atoms with Gasteiger partial charge >= 0.3 is 5.97 Å². The number of carbonyl (C=O) groups is 1. The lowest BCUT2D eigenvalue weighted by molar-refractivity contribution is 0.0694. The molecule has 0 aliphatic carbocycles. The summed E-state index contributed by atoms with van der Waals surface area (Å²) in [4.78, 5) is 14.9. The van der Waals surface area contributed by atoms with Crippen LogP contribution in [-0.2, 0) is 0 Å². The van der Waals surface area contributed by atoms with Gasteiger partial charge in [-0.15, -0.1) is 0 Å². The van der Waals surface area contributed by atoms with Crippen molar-refractivity contribution in [3.8, 4) is 17.7 Å². The Hall–Kier alpha value is -2.87. The summed E-state index contributed by atoms with van der Waals surface area (Å²) in [6, 6.07) is 11.3. The summed E-state index contributed by atoms with van der Waals surface area (Å²) in [7, 11) is 0. The third-order valence-corrected chi connectivity index (χ3v) is 2.22. The summed E-state index contributed by atoms with van der Waals surface area (Å²) < 4.78 is 5.38. The molecule has 5 heteroatoms. The van der Waals surface area contributed by atoms with Crippen LogP contribution in [-0.4, -0.2) is 16.1 Å². The summed E-state index contributed by atoms with van der Waals surface area (Å²) in [5.74, 6) is -0.853. The molecule has 2 aromatic rings. The standard InChI is InChI=1S/C13H8N2O3/c14-8-9-4-3-7-15-12(9)18-11-6-2-1-5-10(11)13(16)17/h1-7H,(H,16,17). The number of rotatable bonds is 3. The van der Waals surface area contributed by atoms with E-state index in [1.54, 1.807) is 24.3 Å². The molecule has 0 aliphatic heterocycles. The highest BCUT2D eigenvalue weighted by Gasteiger charge is 2.13. The number of carboxylic acids is 1. The van der Waals surface area contributed by atoms with Gasteiger partial charge in [-0.2, -0.15) is 5.26 Å². The van der Waals surface area contributed by atoms with Gasteiger partial charge in [-0.1, -0.05) is 12.1 Å². The van der Waals surface area contributed by atoms with Crippen molar-refractivity contribution < 1.29 is 14.6 Å². The molecule has 0 atom stereocenters. The van der Waals surface area contributed by atoms with Crippen LogP contribution < -0.4 is 4.74 Å². The SMILES string of the molecule is N#Cc1cccnc1Oc1ccccc1C(=O)O. The second-order valence-electron chi connectivity index (χ2n) is 3.37. The monoisotopic (exact) mass is 240 g/mol. The predicted molar refractivity (Wildman–Crippen MR) is 62.4 cm³/mol. The average Bonchev–Trinajstić information content (AvgIpc) is 2.40. The zero-order valence-electron chi connectivity index (χ0n) is 9.20. The lowest BCUT2D eigenvalue weighted by atomic mass is 10.2. The smallest absolute Gasteiger partial charge is 0.339 e. The van der Waals surface area contributed by atoms with Crippen molar-refractivity contribution in [2.45, 2.75) is 0 Å². The maximum absolute atomic E-state index is 11.0. The van der Waals surface area contributed by atoms with Crippen molar-refractivity contribution in [3.63, 3.8) is 0 Å². The van der Waals surface area contributed by atoms with Crippen molar-refractivity contribution in [1.29, 1.82) is 5.26 Å². The van der Waals surface area contributed by atoms with Gasteiger partial charge in [-0.3, -0.25) is 0 Å². The van der Waals surface area contributed by atoms with Crippen LogP contribution in [0.15, 0.2) is 42.6 Å². The van der Waals surface area contributed by atoms with Crippen LogP contribution in [0.3, 0.4) is 0 Å². The van der Waals surface area contributed by atoms with Crippen molar-refractivity contribution >= 4 is 5.97 Å². The van der Waals surface area contributed by atoms with Gasteiger partial charge in [0.15, 0.2) is 0 Å². The van der Waals surface area contributed by atoms with Gasteiger partial charge in [0.05, 0.1) is 0 Å². The molecule has 1 heterocycles. The topological polar surface area (TPSA) is 83.2 Å². The van der Waals surface area contributed by atoms with Gasteiger partial charge in [0.2, 0.25) is 5.88 Å². The summed E-state index contributed by atoms with van der Waals surface area (Å²) in [5.41, 5.74) is 0.268. The lowest BCUT2D eigenvalue weighted by Gasteiger charge is -2.08. The zero-order valence-corrected chi connectivity index (χ0v) is 9.20. The van der Waals surface area contributed by atoms with E-state index >= 15 is 0 Å². The number of hydrogen-bond acceptors (Lipinski definition) is 4. The average molecular weight is 240 g/mol. The van der Waals surface area contributed by atoms with Gasteiger partial charge in [0.1, 0.15) is 22.9 Å². The van der Waals surface area contributed by atoms with E-state index in [4.69, 9.17) is 15.1 Å². The summed E-state index contributed by atoms with van der Waals surface area (Å²) in [6.45, 7) is 0. The molecule has 18 heavy (non-hydrogen) atoms. The van der Waals surface area contributed by atoms with Gasteiger partial charge in [-0.25, -0.2) is 9.78 Å². The highest BCUT2D eigenvalue weighted by molar-refractivity contribution is 5.90. The fourth-order valence-electron chi connectivity index (χ4n) is 1.39. The Morgan fingerprint density at radius 1 is 1.28 bits per heavy atom. The molecule has 0 radical (unpaired) electrons. The summed E-state index contributed by atoms with van der Waals surface area (Å²) >= 11 is 0. The van der Waals surface area contributed by atoms with Crippen LogP contribution >= 0.6 is 0 Å². The maximum atomic E-state index is 11.0. The summed E-state index contributed by atoms with van der Waals surface area (Å²) in [5, 5.41) is 17.9. The van der Waals surface area contributed by atoms with Crippen LogP contribution in [0, 0.1) is 11.3 Å². The van der Waals surface area contributed by atoms with Crippen molar-refractivity contribution in [2.75, 3.05) is 0 Å². The first-order chi connectivity index (χ1) is 8.72. The Kier molecular flexibility index (Phi) is 3.21. The number of hydrogen-bond donors (Lipinski definition) is 1. The Balaban J connectivity index is 2.41. The quantitative estimate of drug-likeness (QED) is 0.890. The molecular weight excluding hydrogens is 232 g/mol. The van der Waals surface area contributed by atoms with Gasteiger partial charge < -0.3 is 9.84 Å². The van der Waals surface area contributed by atoms with E-state index in [2.05, 4.69) is 4.98 Å². The number of aromatic nitrogens is 1. The Morgan fingerprint density at radius 2 is 2.06 bits per heavy atom. The highest BCUT2D eigenvalue weighted by atomic mass is 16.5. The first-order valence-corrected chi connectivity index (χ1v) is 5.07. The van der Waals surface area contributed by atoms with Crippen molar-refractivity contribution in [2.24, 2.45) is 0 Å². The zero-order chi connectivity index (χ0) is 13.0. The molecule has 2 rings (SSSR count). The molecule has 0 saturated carbocycles. The number of aromatic carboxylic acids is 1. The number of benzene rings is 1. The molecule has 1 aromatic carbocycles. The Morgan fingerprint density at radius 3 is 2.78 bits per heavy atom. The second kappa shape index (κ2) is 4.97. The number of ether oxygens (including phenoxy) is 1. The maximum Gasteiger partial charge on any atom is 0.339 e. The number of para-hydroxylation sites is 1. The van der Waals surface area contributed by atoms with Crippen LogP contribution in [0.2, 0.25) is 0 Å². The first kappa shape index (κ1) is 11.6. The van der Waals surface area contributed by atoms with Crippen LogP contribution in [0.4, 0.5) is 0 Å². The van der Waals surface area contributed by atoms with Crippen molar-refractivity contribution in [3.05, 3.63) is 53.7 Å². The number of nitrogens with zero attached hydrogens (tertiary/aromatic N) is 2. The van der Waals surface area contributed by atoms with E-state index in [0.29, 0.717) is 0 Å². The van der Waals surface area contributed by atoms with E-state index in [-0.39, 0.29) is 22.8 Å². The normalized spacial score (nSPS) is 9.50. The molecule has 0 aliphatic rings. The van der Waals surface area contributed by atoms with Crippen molar-refractivity contribution in [1.82, 2.24) is 4.98 Å². The molecule has 88 valence electrons. The fourth-order valence-corrected chi connectivity index (χ4v) is 1.39. The molecule has 5 nitrogen and oxygen atoms in total. The van der Waals surface area contributed by atoms with Gasteiger partial charge in [0.25, 0.3) is 0 Å². The van der Waals surface area contributed by atoms with Crippen LogP contribution in [0.25, 0.3) is 0 Å². The molecule has 0 fully saturated rings. The number of carboxylic acid groups (broad SMARTS) is 1. The highest BCUT2D eigenvalue weighted by Crippen LogP contribution is 2.25. The second-order valence-corrected chi connectivity index (χ2v) is 3.37. The molecule has 1 N–H and O–H groups in total. The lowest BCUT2D eigenvalue weighted by Crippen LogP contribution is -2.00. The van der Waals surface area contributed by atoms with Gasteiger partial charge in [0, 0.05) is 6.20 Å². The third kappa shape index (κ3) is 2.28. The van der Waals surface area contributed by atoms with Crippen LogP contribution in [0.5, 0.6) is 11.6 Å². The fraction of sp³-hybridized carbons (Fsp3) is 0. The largest absolute Gasteiger partial charge is 0.478 e. The number of nitriles is 1. The minimum Gasteiger partial charge on any atom is -0.478 e. The van der Waals surface area contributed by atoms with E-state index < -0.39 is 5.97 Å². The van der Waals surface area contributed by atoms with E-state index in [0.717, 1.165) is 0 Å². The molecule has 1 aromatic heterocycles. The number of pyridine rings is 1. The molecule has 0 amide bonds. The molecular formula is C13H8N2O3. The summed E-state index contributed by atoms with van der Waals surface area (Å²) in [6.07, 6.45) is 1.47. The first-order valence-electron chi connectivity index (χ1n) is 5.07. The van der Waals surface area contributed by atoms with E-state index in [9.17, 15) is 4.79 Å².